The zero-order chi connectivity index (χ0) is 10.8. The second-order valence-electron chi connectivity index (χ2n) is 4.38. The van der Waals surface area contributed by atoms with Crippen molar-refractivity contribution in [2.75, 3.05) is 11.4 Å². The maximum Gasteiger partial charge on any atom is 0.0576 e. The summed E-state index contributed by atoms with van der Waals surface area (Å²) in [4.78, 5) is 6.62. The Morgan fingerprint density at radius 2 is 2.27 bits per heavy atom. The van der Waals surface area contributed by atoms with E-state index in [1.807, 2.05) is 19.2 Å². The topological polar surface area (TPSA) is 36.4 Å². The summed E-state index contributed by atoms with van der Waals surface area (Å²) in [5.74, 6) is 0. The fourth-order valence-corrected chi connectivity index (χ4v) is 2.16. The van der Waals surface area contributed by atoms with Crippen LogP contribution in [0.1, 0.15) is 25.5 Å². The van der Waals surface area contributed by atoms with Crippen LogP contribution in [-0.2, 0) is 0 Å². The fourth-order valence-electron chi connectivity index (χ4n) is 2.16. The zero-order valence-electron chi connectivity index (χ0n) is 9.35. The van der Waals surface area contributed by atoms with Gasteiger partial charge in [0.1, 0.15) is 0 Å². The van der Waals surface area contributed by atoms with E-state index in [0.29, 0.717) is 6.04 Å². The van der Waals surface area contributed by atoms with E-state index in [1.165, 1.54) is 5.69 Å². The summed E-state index contributed by atoms with van der Waals surface area (Å²) >= 11 is 0. The van der Waals surface area contributed by atoms with Crippen LogP contribution in [0.25, 0.3) is 0 Å². The van der Waals surface area contributed by atoms with E-state index in [2.05, 4.69) is 22.9 Å². The molecule has 82 valence electrons. The van der Waals surface area contributed by atoms with Gasteiger partial charge in [0.25, 0.3) is 0 Å². The van der Waals surface area contributed by atoms with Gasteiger partial charge in [-0.3, -0.25) is 4.98 Å². The highest BCUT2D eigenvalue weighted by molar-refractivity contribution is 5.46. The molecule has 1 fully saturated rings. The Labute approximate surface area is 90.8 Å². The molecule has 1 saturated heterocycles. The molecule has 15 heavy (non-hydrogen) atoms. The van der Waals surface area contributed by atoms with Crippen LogP contribution < -0.4 is 4.90 Å². The number of anilines is 1. The largest absolute Gasteiger partial charge is 0.393 e. The third kappa shape index (κ3) is 2.29. The Balaban J connectivity index is 2.13. The molecule has 1 aliphatic rings. The number of hydrogen-bond donors (Lipinski definition) is 1. The standard InChI is InChI=1S/C12H18N2O/c1-9-3-4-11(8-13-9)14-6-5-12(15)7-10(14)2/h3-4,8,10,12,15H,5-7H2,1-2H3/t10-,12?/m0/s1. The Hall–Kier alpha value is -1.09. The molecular formula is C12H18N2O. The summed E-state index contributed by atoms with van der Waals surface area (Å²) in [6.07, 6.45) is 3.50. The van der Waals surface area contributed by atoms with Crippen molar-refractivity contribution in [1.82, 2.24) is 4.98 Å². The predicted octanol–water partition coefficient (Wildman–Crippen LogP) is 1.74. The molecule has 2 rings (SSSR count). The Morgan fingerprint density at radius 3 is 2.87 bits per heavy atom. The third-order valence-electron chi connectivity index (χ3n) is 3.08. The Morgan fingerprint density at radius 1 is 1.47 bits per heavy atom. The molecule has 0 amide bonds. The lowest BCUT2D eigenvalue weighted by atomic mass is 10.0. The molecule has 1 aromatic heterocycles. The zero-order valence-corrected chi connectivity index (χ0v) is 9.35. The van der Waals surface area contributed by atoms with Crippen LogP contribution in [0.4, 0.5) is 5.69 Å². The summed E-state index contributed by atoms with van der Waals surface area (Å²) in [6.45, 7) is 5.07. The number of hydrogen-bond acceptors (Lipinski definition) is 3. The maximum absolute atomic E-state index is 9.55. The van der Waals surface area contributed by atoms with E-state index in [1.54, 1.807) is 0 Å². The van der Waals surface area contributed by atoms with E-state index in [-0.39, 0.29) is 6.10 Å². The van der Waals surface area contributed by atoms with Gasteiger partial charge in [-0.05, 0) is 38.8 Å². The molecule has 1 N–H and O–H groups in total. The highest BCUT2D eigenvalue weighted by atomic mass is 16.3. The summed E-state index contributed by atoms with van der Waals surface area (Å²) in [7, 11) is 0. The van der Waals surface area contributed by atoms with Crippen molar-refractivity contribution in [1.29, 1.82) is 0 Å². The van der Waals surface area contributed by atoms with Gasteiger partial charge >= 0.3 is 0 Å². The summed E-state index contributed by atoms with van der Waals surface area (Å²) in [6, 6.07) is 4.54. The van der Waals surface area contributed by atoms with Crippen molar-refractivity contribution in [3.63, 3.8) is 0 Å². The Bertz CT molecular complexity index is 323. The van der Waals surface area contributed by atoms with Crippen LogP contribution in [0.5, 0.6) is 0 Å². The molecule has 0 aromatic carbocycles. The molecule has 2 atom stereocenters. The van der Waals surface area contributed by atoms with Crippen LogP contribution in [0, 0.1) is 6.92 Å². The van der Waals surface area contributed by atoms with Crippen molar-refractivity contribution in [2.24, 2.45) is 0 Å². The van der Waals surface area contributed by atoms with Crippen LogP contribution in [-0.4, -0.2) is 28.8 Å². The highest BCUT2D eigenvalue weighted by Crippen LogP contribution is 2.24. The fraction of sp³-hybridized carbons (Fsp3) is 0.583. The van der Waals surface area contributed by atoms with Crippen molar-refractivity contribution in [3.8, 4) is 0 Å². The predicted molar refractivity (Wildman–Crippen MR) is 61.0 cm³/mol. The first-order valence-corrected chi connectivity index (χ1v) is 5.54. The second kappa shape index (κ2) is 4.19. The lowest BCUT2D eigenvalue weighted by Gasteiger charge is -2.37. The quantitative estimate of drug-likeness (QED) is 0.760. The number of pyridine rings is 1. The molecule has 1 aliphatic heterocycles. The number of piperidine rings is 1. The van der Waals surface area contributed by atoms with Crippen molar-refractivity contribution >= 4 is 5.69 Å². The molecule has 0 radical (unpaired) electrons. The summed E-state index contributed by atoms with van der Waals surface area (Å²) in [5, 5.41) is 9.55. The van der Waals surface area contributed by atoms with E-state index in [4.69, 9.17) is 0 Å². The van der Waals surface area contributed by atoms with Crippen molar-refractivity contribution in [3.05, 3.63) is 24.0 Å². The first-order chi connectivity index (χ1) is 7.16. The minimum atomic E-state index is -0.130. The lowest BCUT2D eigenvalue weighted by Crippen LogP contribution is -2.42. The van der Waals surface area contributed by atoms with Gasteiger partial charge < -0.3 is 10.0 Å². The molecule has 3 nitrogen and oxygen atoms in total. The number of nitrogens with zero attached hydrogens (tertiary/aromatic N) is 2. The minimum Gasteiger partial charge on any atom is -0.393 e. The lowest BCUT2D eigenvalue weighted by molar-refractivity contribution is 0.131. The molecule has 0 spiro atoms. The van der Waals surface area contributed by atoms with E-state index in [9.17, 15) is 5.11 Å². The average Bonchev–Trinajstić information content (AvgIpc) is 2.20. The van der Waals surface area contributed by atoms with E-state index >= 15 is 0 Å². The van der Waals surface area contributed by atoms with Crippen LogP contribution >= 0.6 is 0 Å². The van der Waals surface area contributed by atoms with Gasteiger partial charge in [0.05, 0.1) is 18.0 Å². The molecular weight excluding hydrogens is 188 g/mol. The minimum absolute atomic E-state index is 0.130. The first kappa shape index (κ1) is 10.4. The van der Waals surface area contributed by atoms with Crippen LogP contribution in [0.15, 0.2) is 18.3 Å². The van der Waals surface area contributed by atoms with Gasteiger partial charge in [-0.25, -0.2) is 0 Å². The smallest absolute Gasteiger partial charge is 0.0576 e. The van der Waals surface area contributed by atoms with Crippen molar-refractivity contribution < 1.29 is 5.11 Å². The number of aromatic nitrogens is 1. The third-order valence-corrected chi connectivity index (χ3v) is 3.08. The molecule has 1 aromatic rings. The monoisotopic (exact) mass is 206 g/mol. The molecule has 1 unspecified atom stereocenters. The maximum atomic E-state index is 9.55. The van der Waals surface area contributed by atoms with Gasteiger partial charge in [0.15, 0.2) is 0 Å². The number of aliphatic hydroxyl groups is 1. The van der Waals surface area contributed by atoms with Gasteiger partial charge in [-0.2, -0.15) is 0 Å². The summed E-state index contributed by atoms with van der Waals surface area (Å²) < 4.78 is 0. The summed E-state index contributed by atoms with van der Waals surface area (Å²) in [5.41, 5.74) is 2.21. The molecule has 3 heteroatoms. The van der Waals surface area contributed by atoms with E-state index in [0.717, 1.165) is 25.1 Å². The van der Waals surface area contributed by atoms with Crippen LogP contribution in [0.3, 0.4) is 0 Å². The molecule has 0 aliphatic carbocycles. The SMILES string of the molecule is Cc1ccc(N2CCC(O)C[C@@H]2C)cn1. The van der Waals surface area contributed by atoms with E-state index < -0.39 is 0 Å². The molecule has 0 bridgehead atoms. The van der Waals surface area contributed by atoms with Crippen molar-refractivity contribution in [2.45, 2.75) is 38.8 Å². The normalized spacial score (nSPS) is 26.7. The number of aliphatic hydroxyl groups excluding tert-OH is 1. The molecule has 2 heterocycles. The molecule has 0 saturated carbocycles. The number of aryl methyl sites for hydroxylation is 1. The second-order valence-corrected chi connectivity index (χ2v) is 4.38. The first-order valence-electron chi connectivity index (χ1n) is 5.54. The van der Waals surface area contributed by atoms with Gasteiger partial charge in [-0.15, -0.1) is 0 Å². The van der Waals surface area contributed by atoms with Gasteiger partial charge in [-0.1, -0.05) is 0 Å². The van der Waals surface area contributed by atoms with Crippen LogP contribution in [0.2, 0.25) is 0 Å². The average molecular weight is 206 g/mol. The highest BCUT2D eigenvalue weighted by Gasteiger charge is 2.23. The number of rotatable bonds is 1. The van der Waals surface area contributed by atoms with Gasteiger partial charge in [0, 0.05) is 18.3 Å². The van der Waals surface area contributed by atoms with Gasteiger partial charge in [0.2, 0.25) is 0 Å². The Kier molecular flexibility index (Phi) is 2.91.